The number of carboxylic acid groups (broad SMARTS) is 1. The highest BCUT2D eigenvalue weighted by Gasteiger charge is 2.21. The third kappa shape index (κ3) is 2.03. The molecule has 1 atom stereocenters. The molecule has 0 saturated carbocycles. The van der Waals surface area contributed by atoms with Gasteiger partial charge in [0.2, 0.25) is 0 Å². The van der Waals surface area contributed by atoms with Crippen LogP contribution in [0.3, 0.4) is 0 Å². The van der Waals surface area contributed by atoms with E-state index in [1.165, 1.54) is 12.1 Å². The molecule has 4 heteroatoms. The molecule has 0 aliphatic carbocycles. The second-order valence-corrected chi connectivity index (χ2v) is 5.07. The van der Waals surface area contributed by atoms with E-state index in [0.717, 1.165) is 24.2 Å². The number of fused-ring (bicyclic) bond motifs is 1. The first-order chi connectivity index (χ1) is 9.16. The highest BCUT2D eigenvalue weighted by molar-refractivity contribution is 5.89. The molecule has 0 saturated heterocycles. The first-order valence-electron chi connectivity index (χ1n) is 6.56. The van der Waals surface area contributed by atoms with E-state index < -0.39 is 5.97 Å². The molecule has 1 N–H and O–H groups in total. The van der Waals surface area contributed by atoms with Crippen LogP contribution in [0.25, 0.3) is 11.4 Å². The number of aromatic carboxylic acids is 1. The molecule has 1 aromatic carbocycles. The van der Waals surface area contributed by atoms with Crippen molar-refractivity contribution in [1.29, 1.82) is 0 Å². The van der Waals surface area contributed by atoms with Crippen molar-refractivity contribution >= 4 is 5.97 Å². The Hall–Kier alpha value is -2.10. The SMILES string of the molecule is CC1CCCc2cnc(-c3cccc(C(=O)O)c3)n21. The Labute approximate surface area is 111 Å². The van der Waals surface area contributed by atoms with Crippen LogP contribution >= 0.6 is 0 Å². The van der Waals surface area contributed by atoms with Crippen molar-refractivity contribution < 1.29 is 9.90 Å². The monoisotopic (exact) mass is 256 g/mol. The van der Waals surface area contributed by atoms with Crippen LogP contribution in [0, 0.1) is 0 Å². The summed E-state index contributed by atoms with van der Waals surface area (Å²) >= 11 is 0. The van der Waals surface area contributed by atoms with E-state index in [-0.39, 0.29) is 0 Å². The molecule has 3 rings (SSSR count). The summed E-state index contributed by atoms with van der Waals surface area (Å²) in [4.78, 5) is 15.5. The Morgan fingerprint density at radius 2 is 2.32 bits per heavy atom. The number of imidazole rings is 1. The molecule has 2 heterocycles. The minimum Gasteiger partial charge on any atom is -0.478 e. The number of aromatic nitrogens is 2. The summed E-state index contributed by atoms with van der Waals surface area (Å²) in [6.45, 7) is 2.19. The van der Waals surface area contributed by atoms with Crippen LogP contribution in [-0.2, 0) is 6.42 Å². The lowest BCUT2D eigenvalue weighted by Crippen LogP contribution is -2.15. The maximum absolute atomic E-state index is 11.0. The van der Waals surface area contributed by atoms with Gasteiger partial charge in [-0.2, -0.15) is 0 Å². The van der Waals surface area contributed by atoms with Gasteiger partial charge in [0, 0.05) is 23.5 Å². The van der Waals surface area contributed by atoms with E-state index in [9.17, 15) is 4.79 Å². The smallest absolute Gasteiger partial charge is 0.335 e. The summed E-state index contributed by atoms with van der Waals surface area (Å²) in [7, 11) is 0. The zero-order chi connectivity index (χ0) is 13.4. The molecule has 0 fully saturated rings. The lowest BCUT2D eigenvalue weighted by Gasteiger charge is -2.24. The minimum absolute atomic E-state index is 0.304. The maximum Gasteiger partial charge on any atom is 0.335 e. The molecule has 0 bridgehead atoms. The molecule has 1 unspecified atom stereocenters. The quantitative estimate of drug-likeness (QED) is 0.898. The highest BCUT2D eigenvalue weighted by Crippen LogP contribution is 2.31. The van der Waals surface area contributed by atoms with Crippen molar-refractivity contribution in [3.05, 3.63) is 41.7 Å². The lowest BCUT2D eigenvalue weighted by molar-refractivity contribution is 0.0697. The van der Waals surface area contributed by atoms with Crippen LogP contribution in [0.5, 0.6) is 0 Å². The van der Waals surface area contributed by atoms with Crippen molar-refractivity contribution in [1.82, 2.24) is 9.55 Å². The summed E-state index contributed by atoms with van der Waals surface area (Å²) in [5.74, 6) is -0.0226. The maximum atomic E-state index is 11.0. The average molecular weight is 256 g/mol. The average Bonchev–Trinajstić information content (AvgIpc) is 2.84. The normalized spacial score (nSPS) is 18.1. The first-order valence-corrected chi connectivity index (χ1v) is 6.56. The molecule has 0 amide bonds. The van der Waals surface area contributed by atoms with E-state index in [0.29, 0.717) is 11.6 Å². The van der Waals surface area contributed by atoms with Gasteiger partial charge in [0.1, 0.15) is 5.82 Å². The number of carboxylic acids is 1. The third-order valence-corrected chi connectivity index (χ3v) is 3.74. The fourth-order valence-electron chi connectivity index (χ4n) is 2.79. The molecule has 0 radical (unpaired) electrons. The minimum atomic E-state index is -0.902. The number of benzene rings is 1. The van der Waals surface area contributed by atoms with Crippen molar-refractivity contribution in [2.75, 3.05) is 0 Å². The van der Waals surface area contributed by atoms with Crippen molar-refractivity contribution in [3.8, 4) is 11.4 Å². The summed E-state index contributed by atoms with van der Waals surface area (Å²) < 4.78 is 2.24. The summed E-state index contributed by atoms with van der Waals surface area (Å²) in [5, 5.41) is 9.07. The van der Waals surface area contributed by atoms with E-state index in [1.54, 1.807) is 18.2 Å². The van der Waals surface area contributed by atoms with Gasteiger partial charge in [0.15, 0.2) is 0 Å². The molecule has 4 nitrogen and oxygen atoms in total. The fourth-order valence-corrected chi connectivity index (χ4v) is 2.79. The van der Waals surface area contributed by atoms with Crippen LogP contribution in [0.1, 0.15) is 41.9 Å². The zero-order valence-electron chi connectivity index (χ0n) is 10.8. The predicted molar refractivity (Wildman–Crippen MR) is 72.3 cm³/mol. The topological polar surface area (TPSA) is 55.1 Å². The summed E-state index contributed by atoms with van der Waals surface area (Å²) in [6, 6.07) is 7.42. The Balaban J connectivity index is 2.10. The third-order valence-electron chi connectivity index (χ3n) is 3.74. The van der Waals surface area contributed by atoms with E-state index in [2.05, 4.69) is 16.5 Å². The molecular weight excluding hydrogens is 240 g/mol. The number of rotatable bonds is 2. The largest absolute Gasteiger partial charge is 0.478 e. The van der Waals surface area contributed by atoms with Crippen molar-refractivity contribution in [2.45, 2.75) is 32.2 Å². The molecular formula is C15H16N2O2. The van der Waals surface area contributed by atoms with Gasteiger partial charge in [-0.3, -0.25) is 0 Å². The van der Waals surface area contributed by atoms with Crippen LogP contribution in [0.4, 0.5) is 0 Å². The first kappa shape index (κ1) is 12.0. The van der Waals surface area contributed by atoms with Crippen LogP contribution < -0.4 is 0 Å². The Kier molecular flexibility index (Phi) is 2.85. The number of aryl methyl sites for hydroxylation is 1. The zero-order valence-corrected chi connectivity index (χ0v) is 10.8. The molecule has 2 aromatic rings. The molecule has 0 spiro atoms. The standard InChI is InChI=1S/C15H16N2O2/c1-10-4-2-7-13-9-16-14(17(10)13)11-5-3-6-12(8-11)15(18)19/h3,5-6,8-10H,2,4,7H2,1H3,(H,18,19). The van der Waals surface area contributed by atoms with E-state index in [4.69, 9.17) is 5.11 Å². The molecule has 98 valence electrons. The van der Waals surface area contributed by atoms with Gasteiger partial charge in [-0.1, -0.05) is 12.1 Å². The lowest BCUT2D eigenvalue weighted by atomic mass is 10.0. The van der Waals surface area contributed by atoms with Gasteiger partial charge in [0.25, 0.3) is 0 Å². The summed E-state index contributed by atoms with van der Waals surface area (Å²) in [6.07, 6.45) is 5.31. The molecule has 19 heavy (non-hydrogen) atoms. The Morgan fingerprint density at radius 3 is 3.11 bits per heavy atom. The Bertz CT molecular complexity index is 631. The van der Waals surface area contributed by atoms with Crippen molar-refractivity contribution in [2.24, 2.45) is 0 Å². The fraction of sp³-hybridized carbons (Fsp3) is 0.333. The van der Waals surface area contributed by atoms with E-state index >= 15 is 0 Å². The van der Waals surface area contributed by atoms with Crippen LogP contribution in [-0.4, -0.2) is 20.6 Å². The molecule has 1 aromatic heterocycles. The number of carbonyl (C=O) groups is 1. The second kappa shape index (κ2) is 4.53. The van der Waals surface area contributed by atoms with Crippen molar-refractivity contribution in [3.63, 3.8) is 0 Å². The van der Waals surface area contributed by atoms with Crippen LogP contribution in [0.15, 0.2) is 30.5 Å². The molecule has 1 aliphatic heterocycles. The van der Waals surface area contributed by atoms with Gasteiger partial charge in [-0.05, 0) is 38.3 Å². The number of nitrogens with zero attached hydrogens (tertiary/aromatic N) is 2. The molecule has 1 aliphatic rings. The van der Waals surface area contributed by atoms with Gasteiger partial charge in [0.05, 0.1) is 5.56 Å². The van der Waals surface area contributed by atoms with Crippen LogP contribution in [0.2, 0.25) is 0 Å². The predicted octanol–water partition coefficient (Wildman–Crippen LogP) is 3.15. The summed E-state index contributed by atoms with van der Waals surface area (Å²) in [5.41, 5.74) is 2.42. The highest BCUT2D eigenvalue weighted by atomic mass is 16.4. The van der Waals surface area contributed by atoms with Gasteiger partial charge in [-0.15, -0.1) is 0 Å². The second-order valence-electron chi connectivity index (χ2n) is 5.07. The van der Waals surface area contributed by atoms with Gasteiger partial charge < -0.3 is 9.67 Å². The van der Waals surface area contributed by atoms with Gasteiger partial charge >= 0.3 is 5.97 Å². The van der Waals surface area contributed by atoms with E-state index in [1.807, 2.05) is 12.3 Å². The van der Waals surface area contributed by atoms with Gasteiger partial charge in [-0.25, -0.2) is 9.78 Å². The Morgan fingerprint density at radius 1 is 1.47 bits per heavy atom. The number of hydrogen-bond donors (Lipinski definition) is 1. The number of hydrogen-bond acceptors (Lipinski definition) is 2.